The molecule has 1 aromatic rings. The van der Waals surface area contributed by atoms with Gasteiger partial charge in [0.05, 0.1) is 11.9 Å². The lowest BCUT2D eigenvalue weighted by atomic mass is 9.98. The Labute approximate surface area is 122 Å². The van der Waals surface area contributed by atoms with E-state index in [0.29, 0.717) is 24.7 Å². The molecule has 0 unspecified atom stereocenters. The molecule has 0 saturated carbocycles. The number of carbonyl (C=O) groups excluding carboxylic acids is 1. The van der Waals surface area contributed by atoms with Crippen molar-refractivity contribution in [1.82, 2.24) is 9.88 Å². The molecule has 114 valence electrons. The lowest BCUT2D eigenvalue weighted by molar-refractivity contribution is 0.0690. The third-order valence-electron chi connectivity index (χ3n) is 3.54. The number of nitrogens with zero attached hydrogens (tertiary/aromatic N) is 2. The Morgan fingerprint density at radius 1 is 1.43 bits per heavy atom. The highest BCUT2D eigenvalue weighted by Crippen LogP contribution is 2.18. The van der Waals surface area contributed by atoms with Crippen molar-refractivity contribution < 1.29 is 19.4 Å². The van der Waals surface area contributed by atoms with Crippen LogP contribution in [0.15, 0.2) is 18.3 Å². The highest BCUT2D eigenvalue weighted by molar-refractivity contribution is 5.90. The maximum atomic E-state index is 12.1. The van der Waals surface area contributed by atoms with Crippen molar-refractivity contribution in [2.24, 2.45) is 5.92 Å². The minimum absolute atomic E-state index is 0.0478. The molecule has 2 N–H and O–H groups in total. The van der Waals surface area contributed by atoms with Crippen LogP contribution in [-0.2, 0) is 4.74 Å². The minimum atomic E-state index is -1.09. The molecule has 0 spiro atoms. The number of urea groups is 1. The van der Waals surface area contributed by atoms with Crippen LogP contribution in [0.4, 0.5) is 10.5 Å². The molecule has 0 atom stereocenters. The van der Waals surface area contributed by atoms with Gasteiger partial charge in [-0.1, -0.05) is 0 Å². The maximum absolute atomic E-state index is 12.1. The number of piperidine rings is 1. The van der Waals surface area contributed by atoms with Gasteiger partial charge in [-0.2, -0.15) is 0 Å². The number of ether oxygens (including phenoxy) is 1. The molecule has 2 heterocycles. The van der Waals surface area contributed by atoms with Crippen LogP contribution in [0.2, 0.25) is 0 Å². The molecule has 1 saturated heterocycles. The fourth-order valence-corrected chi connectivity index (χ4v) is 2.34. The van der Waals surface area contributed by atoms with E-state index in [1.807, 2.05) is 0 Å². The number of pyridine rings is 1. The van der Waals surface area contributed by atoms with Gasteiger partial charge in [0.1, 0.15) is 5.69 Å². The molecule has 2 amide bonds. The lowest BCUT2D eigenvalue weighted by Gasteiger charge is -2.31. The first-order valence-electron chi connectivity index (χ1n) is 6.84. The van der Waals surface area contributed by atoms with Crippen molar-refractivity contribution in [3.63, 3.8) is 0 Å². The molecule has 21 heavy (non-hydrogen) atoms. The fourth-order valence-electron chi connectivity index (χ4n) is 2.34. The molecule has 0 bridgehead atoms. The van der Waals surface area contributed by atoms with Gasteiger partial charge in [-0.3, -0.25) is 0 Å². The number of hydrogen-bond acceptors (Lipinski definition) is 4. The Balaban J connectivity index is 1.86. The molecule has 0 aliphatic carbocycles. The molecule has 1 fully saturated rings. The van der Waals surface area contributed by atoms with E-state index in [1.54, 1.807) is 12.0 Å². The Morgan fingerprint density at radius 3 is 2.67 bits per heavy atom. The van der Waals surface area contributed by atoms with Crippen LogP contribution in [0.5, 0.6) is 0 Å². The number of aromatic carboxylic acids is 1. The molecular weight excluding hydrogens is 274 g/mol. The summed E-state index contributed by atoms with van der Waals surface area (Å²) in [5.41, 5.74) is 0.442. The number of anilines is 1. The van der Waals surface area contributed by atoms with Gasteiger partial charge in [0, 0.05) is 26.8 Å². The van der Waals surface area contributed by atoms with Gasteiger partial charge in [-0.25, -0.2) is 14.6 Å². The van der Waals surface area contributed by atoms with Crippen molar-refractivity contribution in [2.45, 2.75) is 12.8 Å². The van der Waals surface area contributed by atoms with E-state index in [-0.39, 0.29) is 11.7 Å². The molecule has 7 nitrogen and oxygen atoms in total. The largest absolute Gasteiger partial charge is 0.477 e. The second-order valence-electron chi connectivity index (χ2n) is 5.05. The van der Waals surface area contributed by atoms with Gasteiger partial charge in [0.25, 0.3) is 0 Å². The second kappa shape index (κ2) is 7.03. The first-order valence-corrected chi connectivity index (χ1v) is 6.84. The summed E-state index contributed by atoms with van der Waals surface area (Å²) in [6, 6.07) is 2.71. The predicted octanol–water partition coefficient (Wildman–Crippen LogP) is 1.67. The van der Waals surface area contributed by atoms with E-state index in [4.69, 9.17) is 9.84 Å². The lowest BCUT2D eigenvalue weighted by Crippen LogP contribution is -2.41. The van der Waals surface area contributed by atoms with Crippen LogP contribution in [0.25, 0.3) is 0 Å². The molecule has 0 radical (unpaired) electrons. The monoisotopic (exact) mass is 293 g/mol. The third-order valence-corrected chi connectivity index (χ3v) is 3.54. The summed E-state index contributed by atoms with van der Waals surface area (Å²) >= 11 is 0. The van der Waals surface area contributed by atoms with Crippen molar-refractivity contribution in [3.05, 3.63) is 24.0 Å². The molecule has 1 aliphatic heterocycles. The summed E-state index contributed by atoms with van der Waals surface area (Å²) in [5.74, 6) is -0.580. The summed E-state index contributed by atoms with van der Waals surface area (Å²) in [5, 5.41) is 11.5. The number of hydrogen-bond donors (Lipinski definition) is 2. The normalized spacial score (nSPS) is 15.8. The van der Waals surface area contributed by atoms with Crippen LogP contribution in [0.3, 0.4) is 0 Å². The van der Waals surface area contributed by atoms with Gasteiger partial charge < -0.3 is 20.1 Å². The zero-order valence-corrected chi connectivity index (χ0v) is 11.9. The zero-order chi connectivity index (χ0) is 15.2. The Hall–Kier alpha value is -2.15. The summed E-state index contributed by atoms with van der Waals surface area (Å²) in [6.07, 6.45) is 3.20. The third kappa shape index (κ3) is 4.16. The number of rotatable bonds is 4. The first kappa shape index (κ1) is 15.2. The van der Waals surface area contributed by atoms with Crippen LogP contribution >= 0.6 is 0 Å². The molecule has 1 aliphatic rings. The number of nitrogens with one attached hydrogen (secondary N) is 1. The summed E-state index contributed by atoms with van der Waals surface area (Å²) in [6.45, 7) is 2.12. The summed E-state index contributed by atoms with van der Waals surface area (Å²) in [7, 11) is 1.69. The highest BCUT2D eigenvalue weighted by Gasteiger charge is 2.22. The zero-order valence-electron chi connectivity index (χ0n) is 11.9. The number of carboxylic acid groups (broad SMARTS) is 1. The average Bonchev–Trinajstić information content (AvgIpc) is 2.49. The van der Waals surface area contributed by atoms with E-state index >= 15 is 0 Å². The van der Waals surface area contributed by atoms with Gasteiger partial charge in [0.2, 0.25) is 0 Å². The molecule has 2 rings (SSSR count). The average molecular weight is 293 g/mol. The minimum Gasteiger partial charge on any atom is -0.477 e. The van der Waals surface area contributed by atoms with E-state index in [0.717, 1.165) is 19.4 Å². The van der Waals surface area contributed by atoms with Gasteiger partial charge >= 0.3 is 12.0 Å². The summed E-state index contributed by atoms with van der Waals surface area (Å²) < 4.78 is 5.13. The second-order valence-corrected chi connectivity index (χ2v) is 5.05. The summed E-state index contributed by atoms with van der Waals surface area (Å²) in [4.78, 5) is 28.3. The van der Waals surface area contributed by atoms with Gasteiger partial charge in [0.15, 0.2) is 0 Å². The quantitative estimate of drug-likeness (QED) is 0.881. The van der Waals surface area contributed by atoms with Crippen LogP contribution in [0.1, 0.15) is 23.3 Å². The first-order chi connectivity index (χ1) is 10.1. The number of methoxy groups -OCH3 is 1. The molecule has 0 aromatic carbocycles. The van der Waals surface area contributed by atoms with E-state index in [2.05, 4.69) is 10.3 Å². The van der Waals surface area contributed by atoms with Crippen molar-refractivity contribution >= 4 is 17.7 Å². The smallest absolute Gasteiger partial charge is 0.354 e. The maximum Gasteiger partial charge on any atom is 0.354 e. The fraction of sp³-hybridized carbons (Fsp3) is 0.500. The predicted molar refractivity (Wildman–Crippen MR) is 76.4 cm³/mol. The number of carbonyl (C=O) groups is 2. The topological polar surface area (TPSA) is 91.8 Å². The Kier molecular flexibility index (Phi) is 5.10. The Morgan fingerprint density at radius 2 is 2.14 bits per heavy atom. The van der Waals surface area contributed by atoms with Crippen LogP contribution in [-0.4, -0.2) is 53.8 Å². The molecule has 7 heteroatoms. The highest BCUT2D eigenvalue weighted by atomic mass is 16.5. The number of likely N-dealkylation sites (tertiary alicyclic amines) is 1. The van der Waals surface area contributed by atoms with Crippen molar-refractivity contribution in [1.29, 1.82) is 0 Å². The van der Waals surface area contributed by atoms with Crippen molar-refractivity contribution in [3.8, 4) is 0 Å². The van der Waals surface area contributed by atoms with Crippen LogP contribution < -0.4 is 5.32 Å². The molecular formula is C14H19N3O4. The number of amides is 2. The van der Waals surface area contributed by atoms with Crippen LogP contribution in [0, 0.1) is 5.92 Å². The molecule has 1 aromatic heterocycles. The van der Waals surface area contributed by atoms with E-state index in [9.17, 15) is 9.59 Å². The van der Waals surface area contributed by atoms with Gasteiger partial charge in [-0.15, -0.1) is 0 Å². The number of carboxylic acids is 1. The van der Waals surface area contributed by atoms with Gasteiger partial charge in [-0.05, 0) is 30.9 Å². The standard InChI is InChI=1S/C14H19N3O4/c1-21-9-10-4-6-17(7-5-10)14(20)16-11-2-3-12(13(18)19)15-8-11/h2-3,8,10H,4-7,9H2,1H3,(H,16,20)(H,18,19). The van der Waals surface area contributed by atoms with E-state index < -0.39 is 5.97 Å². The number of aromatic nitrogens is 1. The Bertz CT molecular complexity index is 495. The SMILES string of the molecule is COCC1CCN(C(=O)Nc2ccc(C(=O)O)nc2)CC1. The van der Waals surface area contributed by atoms with Crippen molar-refractivity contribution in [2.75, 3.05) is 32.1 Å². The van der Waals surface area contributed by atoms with E-state index in [1.165, 1.54) is 18.3 Å².